The maximum atomic E-state index is 0. The fourth-order valence-corrected chi connectivity index (χ4v) is 0. The maximum absolute atomic E-state index is 0. The quantitative estimate of drug-likeness (QED) is 0.533. The number of rotatable bonds is 0. The molecule has 0 unspecified atom stereocenters. The van der Waals surface area contributed by atoms with Gasteiger partial charge in [0.15, 0.2) is 0 Å². The van der Waals surface area contributed by atoms with Gasteiger partial charge in [0.05, 0.1) is 0 Å². The normalized spacial score (nSPS) is 0. The first-order chi connectivity index (χ1) is 0. The molecule has 0 aliphatic carbocycles. The van der Waals surface area contributed by atoms with E-state index in [1.807, 2.05) is 0 Å². The molecule has 0 saturated carbocycles. The van der Waals surface area contributed by atoms with Crippen molar-refractivity contribution >= 4 is 11.0 Å². The summed E-state index contributed by atoms with van der Waals surface area (Å²) in [5.41, 5.74) is 0. The monoisotopic (exact) mass is 324 g/mol. The Morgan fingerprint density at radius 3 is 1.00 bits per heavy atom. The first-order valence-electron chi connectivity index (χ1n) is 0. The van der Waals surface area contributed by atoms with E-state index in [4.69, 9.17) is 0 Å². The third-order valence-electron chi connectivity index (χ3n) is 0. The fourth-order valence-electron chi connectivity index (χ4n) is 0. The SMILES string of the molecule is [Co].[Fe].[Si].[Ta]. The average Bonchev–Trinajstić information content (AvgIpc) is 0. The molecule has 4 heavy (non-hydrogen) atoms. The second kappa shape index (κ2) is 20.1. The Morgan fingerprint density at radius 1 is 1.00 bits per heavy atom. The van der Waals surface area contributed by atoms with Crippen LogP contribution >= 0.6 is 0 Å². The van der Waals surface area contributed by atoms with Gasteiger partial charge >= 0.3 is 0 Å². The Morgan fingerprint density at radius 2 is 1.00 bits per heavy atom. The topological polar surface area (TPSA) is 0 Å². The smallest absolute Gasteiger partial charge is 0 e. The van der Waals surface area contributed by atoms with Crippen molar-refractivity contribution in [2.75, 3.05) is 0 Å². The third-order valence-corrected chi connectivity index (χ3v) is 0. The first kappa shape index (κ1) is 37.8. The summed E-state index contributed by atoms with van der Waals surface area (Å²) in [6.45, 7) is 0. The van der Waals surface area contributed by atoms with E-state index in [-0.39, 0.29) is 67.2 Å². The minimum absolute atomic E-state index is 0. The Kier molecular flexibility index (Phi) is 190. The van der Waals surface area contributed by atoms with Gasteiger partial charge in [-0.15, -0.1) is 0 Å². The molecule has 4 heteroatoms. The van der Waals surface area contributed by atoms with Crippen molar-refractivity contribution in [3.05, 3.63) is 0 Å². The predicted octanol–water partition coefficient (Wildman–Crippen LogP) is -0.388. The minimum Gasteiger partial charge on any atom is 0 e. The van der Waals surface area contributed by atoms with E-state index in [1.165, 1.54) is 0 Å². The molecule has 0 aromatic rings. The van der Waals surface area contributed by atoms with Crippen LogP contribution in [-0.4, -0.2) is 11.0 Å². The van der Waals surface area contributed by atoms with Crippen molar-refractivity contribution in [1.82, 2.24) is 0 Å². The molecule has 0 aliphatic heterocycles. The van der Waals surface area contributed by atoms with Crippen LogP contribution in [0.15, 0.2) is 0 Å². The van der Waals surface area contributed by atoms with Crippen molar-refractivity contribution in [3.8, 4) is 0 Å². The molecular formula is CoFeSiTa. The number of hydrogen-bond donors (Lipinski definition) is 0. The molecule has 6 radical (unpaired) electrons. The average molecular weight is 324 g/mol. The van der Waals surface area contributed by atoms with E-state index < -0.39 is 0 Å². The molecule has 26 valence electrons. The Labute approximate surface area is 66.7 Å². The molecule has 0 aromatic carbocycles. The van der Waals surface area contributed by atoms with Gasteiger partial charge in [-0.05, 0) is 0 Å². The molecule has 0 aliphatic rings. The molecule has 0 saturated heterocycles. The first-order valence-corrected chi connectivity index (χ1v) is 0. The molecule has 0 aromatic heterocycles. The molecule has 0 nitrogen and oxygen atoms in total. The summed E-state index contributed by atoms with van der Waals surface area (Å²) in [6.07, 6.45) is 0. The number of hydrogen-bond acceptors (Lipinski definition) is 0. The molecule has 0 heterocycles. The van der Waals surface area contributed by atoms with Gasteiger partial charge in [0.25, 0.3) is 0 Å². The van der Waals surface area contributed by atoms with E-state index in [0.29, 0.717) is 0 Å². The van der Waals surface area contributed by atoms with Crippen LogP contribution in [0.5, 0.6) is 0 Å². The van der Waals surface area contributed by atoms with Gasteiger partial charge in [-0.3, -0.25) is 0 Å². The van der Waals surface area contributed by atoms with Crippen molar-refractivity contribution in [2.24, 2.45) is 0 Å². The van der Waals surface area contributed by atoms with E-state index in [0.717, 1.165) is 0 Å². The molecule has 0 fully saturated rings. The van der Waals surface area contributed by atoms with E-state index in [9.17, 15) is 0 Å². The second-order valence-electron chi connectivity index (χ2n) is 0. The van der Waals surface area contributed by atoms with Gasteiger partial charge < -0.3 is 0 Å². The minimum atomic E-state index is 0. The summed E-state index contributed by atoms with van der Waals surface area (Å²) in [5.74, 6) is 0. The summed E-state index contributed by atoms with van der Waals surface area (Å²) in [5, 5.41) is 0. The van der Waals surface area contributed by atoms with Gasteiger partial charge in [0.1, 0.15) is 0 Å². The summed E-state index contributed by atoms with van der Waals surface area (Å²) in [4.78, 5) is 0. The van der Waals surface area contributed by atoms with Crippen LogP contribution in [0.3, 0.4) is 0 Å². The van der Waals surface area contributed by atoms with Crippen LogP contribution in [0.1, 0.15) is 0 Å². The molecule has 0 atom stereocenters. The van der Waals surface area contributed by atoms with Crippen LogP contribution in [-0.2, 0) is 56.2 Å². The zero-order chi connectivity index (χ0) is 0. The zero-order valence-corrected chi connectivity index (χ0v) is 7.99. The van der Waals surface area contributed by atoms with Gasteiger partial charge in [-0.2, -0.15) is 0 Å². The van der Waals surface area contributed by atoms with Crippen LogP contribution in [0, 0.1) is 0 Å². The predicted molar refractivity (Wildman–Crippen MR) is 5.75 cm³/mol. The Hall–Kier alpha value is 1.98. The molecule has 0 spiro atoms. The van der Waals surface area contributed by atoms with Gasteiger partial charge in [0, 0.05) is 67.2 Å². The van der Waals surface area contributed by atoms with E-state index in [2.05, 4.69) is 0 Å². The van der Waals surface area contributed by atoms with Gasteiger partial charge in [-0.25, -0.2) is 0 Å². The molecule has 0 bridgehead atoms. The van der Waals surface area contributed by atoms with Crippen molar-refractivity contribution in [1.29, 1.82) is 0 Å². The maximum Gasteiger partial charge on any atom is 0 e. The molecule has 0 amide bonds. The Balaban J connectivity index is 0. The van der Waals surface area contributed by atoms with Crippen LogP contribution in [0.4, 0.5) is 0 Å². The van der Waals surface area contributed by atoms with Gasteiger partial charge in [-0.1, -0.05) is 0 Å². The van der Waals surface area contributed by atoms with Crippen LogP contribution in [0.2, 0.25) is 0 Å². The summed E-state index contributed by atoms with van der Waals surface area (Å²) in [7, 11) is 0. The van der Waals surface area contributed by atoms with Crippen molar-refractivity contribution in [2.45, 2.75) is 0 Å². The van der Waals surface area contributed by atoms with Crippen molar-refractivity contribution in [3.63, 3.8) is 0 Å². The van der Waals surface area contributed by atoms with Crippen LogP contribution in [0.25, 0.3) is 0 Å². The molecule has 0 rings (SSSR count). The second-order valence-corrected chi connectivity index (χ2v) is 0. The van der Waals surface area contributed by atoms with Crippen LogP contribution < -0.4 is 0 Å². The Bertz CT molecular complexity index is 8.00. The summed E-state index contributed by atoms with van der Waals surface area (Å²) >= 11 is 0. The van der Waals surface area contributed by atoms with Gasteiger partial charge in [0.2, 0.25) is 0 Å². The largest absolute Gasteiger partial charge is 0 e. The van der Waals surface area contributed by atoms with E-state index >= 15 is 0 Å². The zero-order valence-electron chi connectivity index (χ0n) is 1.63. The van der Waals surface area contributed by atoms with E-state index in [1.54, 1.807) is 0 Å². The standard InChI is InChI=1S/Co.Fe.Si.Ta. The third kappa shape index (κ3) is 9.01. The molecule has 0 N–H and O–H groups in total. The summed E-state index contributed by atoms with van der Waals surface area (Å²) < 4.78 is 0. The fraction of sp³-hybridized carbons (Fsp3) is 0. The molecular weight excluding hydrogens is 324 g/mol. The van der Waals surface area contributed by atoms with Crippen molar-refractivity contribution < 1.29 is 56.2 Å². The summed E-state index contributed by atoms with van der Waals surface area (Å²) in [6, 6.07) is 0.